The zero-order valence-electron chi connectivity index (χ0n) is 11.8. The molecule has 0 aliphatic heterocycles. The van der Waals surface area contributed by atoms with Crippen LogP contribution in [-0.4, -0.2) is 20.3 Å². The van der Waals surface area contributed by atoms with Gasteiger partial charge in [0, 0.05) is 23.4 Å². The van der Waals surface area contributed by atoms with Crippen LogP contribution in [0.15, 0.2) is 27.4 Å². The molecule has 3 heterocycles. The molecule has 0 N–H and O–H groups in total. The van der Waals surface area contributed by atoms with Crippen molar-refractivity contribution in [3.63, 3.8) is 0 Å². The van der Waals surface area contributed by atoms with Crippen molar-refractivity contribution >= 4 is 0 Å². The van der Waals surface area contributed by atoms with Crippen LogP contribution < -0.4 is 0 Å². The monoisotopic (exact) mass is 282 g/mol. The first-order chi connectivity index (χ1) is 10.2. The Hall–Kier alpha value is -2.50. The summed E-state index contributed by atoms with van der Waals surface area (Å²) in [6.45, 7) is 3.70. The number of rotatable bonds is 3. The minimum atomic E-state index is 0.495. The van der Waals surface area contributed by atoms with Crippen LogP contribution in [0, 0.1) is 13.8 Å². The fourth-order valence-electron chi connectivity index (χ4n) is 2.43. The number of pyridine rings is 1. The van der Waals surface area contributed by atoms with Gasteiger partial charge in [-0.15, -0.1) is 0 Å². The van der Waals surface area contributed by atoms with Gasteiger partial charge in [0.2, 0.25) is 5.82 Å². The van der Waals surface area contributed by atoms with Gasteiger partial charge >= 0.3 is 0 Å². The third-order valence-electron chi connectivity index (χ3n) is 3.71. The molecule has 0 saturated heterocycles. The van der Waals surface area contributed by atoms with Crippen molar-refractivity contribution in [2.45, 2.75) is 32.6 Å². The molecule has 21 heavy (non-hydrogen) atoms. The summed E-state index contributed by atoms with van der Waals surface area (Å²) in [5.41, 5.74) is 3.55. The molecule has 106 valence electrons. The molecule has 3 aromatic rings. The van der Waals surface area contributed by atoms with Gasteiger partial charge in [0.25, 0.3) is 5.89 Å². The van der Waals surface area contributed by atoms with E-state index in [1.54, 1.807) is 6.20 Å². The summed E-state index contributed by atoms with van der Waals surface area (Å²) < 4.78 is 10.5. The molecule has 0 unspecified atom stereocenters. The molecule has 6 heteroatoms. The Balaban J connectivity index is 1.73. The average molecular weight is 282 g/mol. The van der Waals surface area contributed by atoms with E-state index in [0.29, 0.717) is 23.4 Å². The first-order valence-corrected chi connectivity index (χ1v) is 6.95. The van der Waals surface area contributed by atoms with E-state index < -0.39 is 0 Å². The van der Waals surface area contributed by atoms with Gasteiger partial charge in [-0.3, -0.25) is 4.98 Å². The summed E-state index contributed by atoms with van der Waals surface area (Å²) in [4.78, 5) is 8.86. The van der Waals surface area contributed by atoms with Crippen molar-refractivity contribution in [1.29, 1.82) is 0 Å². The Labute approximate surface area is 121 Å². The molecule has 0 spiro atoms. The maximum absolute atomic E-state index is 5.38. The summed E-state index contributed by atoms with van der Waals surface area (Å²) in [5, 5.41) is 7.95. The second-order valence-electron chi connectivity index (χ2n) is 5.37. The minimum Gasteiger partial charge on any atom is -0.361 e. The van der Waals surface area contributed by atoms with Gasteiger partial charge in [-0.1, -0.05) is 10.3 Å². The molecule has 3 aromatic heterocycles. The second-order valence-corrected chi connectivity index (χ2v) is 5.37. The van der Waals surface area contributed by atoms with E-state index in [-0.39, 0.29) is 0 Å². The van der Waals surface area contributed by atoms with Gasteiger partial charge in [0.1, 0.15) is 5.76 Å². The quantitative estimate of drug-likeness (QED) is 0.733. The van der Waals surface area contributed by atoms with Crippen LogP contribution in [0.1, 0.15) is 35.9 Å². The van der Waals surface area contributed by atoms with Gasteiger partial charge < -0.3 is 9.05 Å². The lowest BCUT2D eigenvalue weighted by atomic mass is 10.1. The average Bonchev–Trinajstić information content (AvgIpc) is 3.15. The van der Waals surface area contributed by atoms with Gasteiger partial charge in [-0.2, -0.15) is 4.98 Å². The molecule has 1 aliphatic carbocycles. The Kier molecular flexibility index (Phi) is 2.63. The number of aromatic nitrogens is 4. The van der Waals surface area contributed by atoms with E-state index in [1.807, 2.05) is 26.0 Å². The van der Waals surface area contributed by atoms with E-state index in [1.165, 1.54) is 12.8 Å². The molecular weight excluding hydrogens is 268 g/mol. The summed E-state index contributed by atoms with van der Waals surface area (Å²) in [6.07, 6.45) is 4.22. The summed E-state index contributed by atoms with van der Waals surface area (Å²) in [6, 6.07) is 3.92. The van der Waals surface area contributed by atoms with Crippen LogP contribution in [-0.2, 0) is 0 Å². The molecule has 6 nitrogen and oxygen atoms in total. The highest BCUT2D eigenvalue weighted by molar-refractivity contribution is 5.63. The zero-order valence-corrected chi connectivity index (χ0v) is 11.8. The number of nitrogens with zero attached hydrogens (tertiary/aromatic N) is 4. The van der Waals surface area contributed by atoms with E-state index in [0.717, 1.165) is 22.5 Å². The molecule has 0 atom stereocenters. The lowest BCUT2D eigenvalue weighted by Gasteiger charge is -1.98. The van der Waals surface area contributed by atoms with Gasteiger partial charge in [-0.05, 0) is 38.8 Å². The normalized spacial score (nSPS) is 14.6. The molecule has 0 radical (unpaired) electrons. The minimum absolute atomic E-state index is 0.495. The Morgan fingerprint density at radius 3 is 2.71 bits per heavy atom. The molecule has 1 aliphatic rings. The molecule has 1 saturated carbocycles. The predicted molar refractivity (Wildman–Crippen MR) is 74.5 cm³/mol. The molecule has 0 amide bonds. The fraction of sp³-hybridized carbons (Fsp3) is 0.333. The van der Waals surface area contributed by atoms with Crippen LogP contribution in [0.5, 0.6) is 0 Å². The molecule has 1 fully saturated rings. The second kappa shape index (κ2) is 4.51. The van der Waals surface area contributed by atoms with Gasteiger partial charge in [-0.25, -0.2) is 0 Å². The SMILES string of the molecule is Cc1noc(C)c1-c1noc(-c2ccnc(C3CC3)c2)n1. The Morgan fingerprint density at radius 2 is 2.00 bits per heavy atom. The topological polar surface area (TPSA) is 77.8 Å². The lowest BCUT2D eigenvalue weighted by molar-refractivity contribution is 0.393. The summed E-state index contributed by atoms with van der Waals surface area (Å²) in [7, 11) is 0. The number of hydrogen-bond donors (Lipinski definition) is 0. The predicted octanol–water partition coefficient (Wildman–Crippen LogP) is 3.28. The first-order valence-electron chi connectivity index (χ1n) is 6.95. The number of hydrogen-bond acceptors (Lipinski definition) is 6. The molecular formula is C15H14N4O2. The van der Waals surface area contributed by atoms with Crippen molar-refractivity contribution < 1.29 is 9.05 Å². The van der Waals surface area contributed by atoms with Crippen LogP contribution in [0.4, 0.5) is 0 Å². The van der Waals surface area contributed by atoms with Crippen molar-refractivity contribution in [1.82, 2.24) is 20.3 Å². The van der Waals surface area contributed by atoms with Crippen molar-refractivity contribution in [3.8, 4) is 22.8 Å². The van der Waals surface area contributed by atoms with E-state index >= 15 is 0 Å². The van der Waals surface area contributed by atoms with Crippen LogP contribution in [0.3, 0.4) is 0 Å². The highest BCUT2D eigenvalue weighted by Gasteiger charge is 2.26. The third kappa shape index (κ3) is 2.12. The van der Waals surface area contributed by atoms with E-state index in [4.69, 9.17) is 9.05 Å². The molecule has 4 rings (SSSR count). The summed E-state index contributed by atoms with van der Waals surface area (Å²) in [5.74, 6) is 2.28. The van der Waals surface area contributed by atoms with E-state index in [2.05, 4.69) is 20.3 Å². The van der Waals surface area contributed by atoms with E-state index in [9.17, 15) is 0 Å². The fourth-order valence-corrected chi connectivity index (χ4v) is 2.43. The van der Waals surface area contributed by atoms with Gasteiger partial charge in [0.15, 0.2) is 0 Å². The highest BCUT2D eigenvalue weighted by atomic mass is 16.5. The highest BCUT2D eigenvalue weighted by Crippen LogP contribution is 2.39. The smallest absolute Gasteiger partial charge is 0.258 e. The van der Waals surface area contributed by atoms with Crippen molar-refractivity contribution in [3.05, 3.63) is 35.5 Å². The van der Waals surface area contributed by atoms with Crippen molar-refractivity contribution in [2.75, 3.05) is 0 Å². The lowest BCUT2D eigenvalue weighted by Crippen LogP contribution is -1.88. The maximum Gasteiger partial charge on any atom is 0.258 e. The molecule has 0 bridgehead atoms. The van der Waals surface area contributed by atoms with Gasteiger partial charge in [0.05, 0.1) is 11.3 Å². The van der Waals surface area contributed by atoms with Crippen LogP contribution in [0.25, 0.3) is 22.8 Å². The Bertz CT molecular complexity index is 782. The zero-order chi connectivity index (χ0) is 14.4. The maximum atomic E-state index is 5.38. The first kappa shape index (κ1) is 12.3. The van der Waals surface area contributed by atoms with Crippen LogP contribution >= 0.6 is 0 Å². The van der Waals surface area contributed by atoms with Crippen LogP contribution in [0.2, 0.25) is 0 Å². The van der Waals surface area contributed by atoms with Crippen molar-refractivity contribution in [2.24, 2.45) is 0 Å². The number of aryl methyl sites for hydroxylation is 2. The summed E-state index contributed by atoms with van der Waals surface area (Å²) >= 11 is 0. The Morgan fingerprint density at radius 1 is 1.14 bits per heavy atom. The third-order valence-corrected chi connectivity index (χ3v) is 3.71. The largest absolute Gasteiger partial charge is 0.361 e. The molecule has 0 aromatic carbocycles. The standard InChI is InChI=1S/C15H14N4O2/c1-8-13(9(2)20-18-8)14-17-15(21-19-14)11-5-6-16-12(7-11)10-3-4-10/h5-7,10H,3-4H2,1-2H3.